The molecule has 0 amide bonds. The maximum atomic E-state index is 12.6. The van der Waals surface area contributed by atoms with Gasteiger partial charge >= 0.3 is 5.97 Å². The second-order valence-corrected chi connectivity index (χ2v) is 8.50. The normalized spacial score (nSPS) is 20.1. The van der Waals surface area contributed by atoms with Crippen molar-refractivity contribution in [2.24, 2.45) is 0 Å². The number of aliphatic carboxylic acids is 1. The molecular weight excluding hydrogens is 334 g/mol. The maximum absolute atomic E-state index is 12.6. The van der Waals surface area contributed by atoms with Crippen molar-refractivity contribution in [2.75, 3.05) is 6.54 Å². The van der Waals surface area contributed by atoms with E-state index < -0.39 is 22.0 Å². The number of carboxylic acids is 1. The van der Waals surface area contributed by atoms with Gasteiger partial charge in [0.2, 0.25) is 0 Å². The number of nitrogens with zero attached hydrogens (tertiary/aromatic N) is 1. The third-order valence-electron chi connectivity index (χ3n) is 3.51. The first kappa shape index (κ1) is 14.8. The fraction of sp³-hybridized carbons (Fsp3) is 0.308. The highest BCUT2D eigenvalue weighted by Gasteiger charge is 2.40. The molecule has 2 aromatic rings. The standard InChI is InChI=1S/C13H12ClNO4S2/c14-9-3-4-11-8(6-9)7-12(20-11)21(18,19)15-5-1-2-10(15)13(16)17/h3-4,6-7,10H,1-2,5H2,(H,16,17). The number of carbonyl (C=O) groups is 1. The average molecular weight is 346 g/mol. The van der Waals surface area contributed by atoms with Crippen molar-refractivity contribution in [3.8, 4) is 0 Å². The lowest BCUT2D eigenvalue weighted by Gasteiger charge is -2.19. The molecule has 112 valence electrons. The SMILES string of the molecule is O=C(O)C1CCCN1S(=O)(=O)c1cc2cc(Cl)ccc2s1. The first-order chi connectivity index (χ1) is 9.89. The molecule has 1 aliphatic heterocycles. The van der Waals surface area contributed by atoms with Crippen LogP contribution in [-0.2, 0) is 14.8 Å². The van der Waals surface area contributed by atoms with E-state index in [1.165, 1.54) is 0 Å². The summed E-state index contributed by atoms with van der Waals surface area (Å²) in [7, 11) is -3.78. The molecule has 1 atom stereocenters. The van der Waals surface area contributed by atoms with Gasteiger partial charge in [0, 0.05) is 16.3 Å². The summed E-state index contributed by atoms with van der Waals surface area (Å²) >= 11 is 7.03. The van der Waals surface area contributed by atoms with Crippen molar-refractivity contribution in [3.63, 3.8) is 0 Å². The molecule has 1 aromatic heterocycles. The Labute approximate surface area is 130 Å². The molecular formula is C13H12ClNO4S2. The number of benzene rings is 1. The van der Waals surface area contributed by atoms with Crippen molar-refractivity contribution in [1.82, 2.24) is 4.31 Å². The van der Waals surface area contributed by atoms with Crippen LogP contribution in [0.15, 0.2) is 28.5 Å². The van der Waals surface area contributed by atoms with Crippen molar-refractivity contribution in [3.05, 3.63) is 29.3 Å². The van der Waals surface area contributed by atoms with Crippen molar-refractivity contribution in [2.45, 2.75) is 23.1 Å². The lowest BCUT2D eigenvalue weighted by molar-refractivity contribution is -0.140. The van der Waals surface area contributed by atoms with E-state index in [0.29, 0.717) is 17.9 Å². The number of carboxylic acid groups (broad SMARTS) is 1. The lowest BCUT2D eigenvalue weighted by atomic mass is 10.2. The van der Waals surface area contributed by atoms with Crippen LogP contribution in [0.2, 0.25) is 5.02 Å². The summed E-state index contributed by atoms with van der Waals surface area (Å²) in [5, 5.41) is 10.4. The summed E-state index contributed by atoms with van der Waals surface area (Å²) < 4.78 is 27.3. The quantitative estimate of drug-likeness (QED) is 0.928. The van der Waals surface area contributed by atoms with E-state index >= 15 is 0 Å². The van der Waals surface area contributed by atoms with Crippen LogP contribution in [0.4, 0.5) is 0 Å². The molecule has 1 aliphatic rings. The fourth-order valence-electron chi connectivity index (χ4n) is 2.51. The third kappa shape index (κ3) is 2.55. The molecule has 21 heavy (non-hydrogen) atoms. The van der Waals surface area contributed by atoms with Gasteiger partial charge in [0.1, 0.15) is 10.3 Å². The zero-order chi connectivity index (χ0) is 15.2. The van der Waals surface area contributed by atoms with Gasteiger partial charge in [-0.1, -0.05) is 11.6 Å². The van der Waals surface area contributed by atoms with Crippen LogP contribution >= 0.6 is 22.9 Å². The molecule has 1 unspecified atom stereocenters. The molecule has 5 nitrogen and oxygen atoms in total. The van der Waals surface area contributed by atoms with Crippen LogP contribution in [0.5, 0.6) is 0 Å². The highest BCUT2D eigenvalue weighted by Crippen LogP contribution is 2.35. The van der Waals surface area contributed by atoms with Crippen LogP contribution < -0.4 is 0 Å². The average Bonchev–Trinajstić information content (AvgIpc) is 3.04. The van der Waals surface area contributed by atoms with E-state index in [1.807, 2.05) is 0 Å². The van der Waals surface area contributed by atoms with Gasteiger partial charge in [0.25, 0.3) is 10.0 Å². The molecule has 0 bridgehead atoms. The molecule has 0 spiro atoms. The zero-order valence-electron chi connectivity index (χ0n) is 10.8. The van der Waals surface area contributed by atoms with Gasteiger partial charge in [-0.05, 0) is 42.5 Å². The van der Waals surface area contributed by atoms with Gasteiger partial charge < -0.3 is 5.11 Å². The summed E-state index contributed by atoms with van der Waals surface area (Å²) in [6.07, 6.45) is 0.915. The molecule has 1 fully saturated rings. The third-order valence-corrected chi connectivity index (χ3v) is 7.22. The topological polar surface area (TPSA) is 74.7 Å². The number of hydrogen-bond donors (Lipinski definition) is 1. The first-order valence-corrected chi connectivity index (χ1v) is 8.97. The molecule has 3 rings (SSSR count). The van der Waals surface area contributed by atoms with E-state index in [-0.39, 0.29) is 10.8 Å². The van der Waals surface area contributed by atoms with Gasteiger partial charge in [-0.25, -0.2) is 8.42 Å². The Bertz CT molecular complexity index is 815. The number of fused-ring (bicyclic) bond motifs is 1. The van der Waals surface area contributed by atoms with Gasteiger partial charge in [-0.3, -0.25) is 4.79 Å². The van der Waals surface area contributed by atoms with Crippen molar-refractivity contribution < 1.29 is 18.3 Å². The minimum Gasteiger partial charge on any atom is -0.480 e. The monoisotopic (exact) mass is 345 g/mol. The Morgan fingerprint density at radius 3 is 2.86 bits per heavy atom. The van der Waals surface area contributed by atoms with E-state index in [9.17, 15) is 13.2 Å². The second kappa shape index (κ2) is 5.24. The van der Waals surface area contributed by atoms with Gasteiger partial charge in [0.05, 0.1) is 0 Å². The summed E-state index contributed by atoms with van der Waals surface area (Å²) in [5.41, 5.74) is 0. The molecule has 1 aromatic carbocycles. The molecule has 1 saturated heterocycles. The Morgan fingerprint density at radius 1 is 1.38 bits per heavy atom. The number of hydrogen-bond acceptors (Lipinski definition) is 4. The first-order valence-electron chi connectivity index (χ1n) is 6.33. The molecule has 2 heterocycles. The predicted octanol–water partition coefficient (Wildman–Crippen LogP) is 2.79. The summed E-state index contributed by atoms with van der Waals surface area (Å²) in [6, 6.07) is 5.75. The second-order valence-electron chi connectivity index (χ2n) is 4.86. The summed E-state index contributed by atoms with van der Waals surface area (Å²) in [6.45, 7) is 0.244. The maximum Gasteiger partial charge on any atom is 0.322 e. The van der Waals surface area contributed by atoms with Crippen LogP contribution in [0, 0.1) is 0 Å². The molecule has 1 N–H and O–H groups in total. The highest BCUT2D eigenvalue weighted by atomic mass is 35.5. The molecule has 0 saturated carbocycles. The van der Waals surface area contributed by atoms with E-state index in [1.54, 1.807) is 24.3 Å². The molecule has 0 radical (unpaired) electrons. The van der Waals surface area contributed by atoms with E-state index in [0.717, 1.165) is 25.7 Å². The minimum atomic E-state index is -3.78. The summed E-state index contributed by atoms with van der Waals surface area (Å²) in [4.78, 5) is 11.2. The molecule has 0 aliphatic carbocycles. The largest absolute Gasteiger partial charge is 0.480 e. The van der Waals surface area contributed by atoms with Gasteiger partial charge in [-0.2, -0.15) is 4.31 Å². The van der Waals surface area contributed by atoms with Crippen molar-refractivity contribution >= 4 is 49.0 Å². The highest BCUT2D eigenvalue weighted by molar-refractivity contribution is 7.91. The van der Waals surface area contributed by atoms with E-state index in [2.05, 4.69) is 0 Å². The fourth-order valence-corrected chi connectivity index (χ4v) is 5.85. The van der Waals surface area contributed by atoms with Gasteiger partial charge in [-0.15, -0.1) is 11.3 Å². The Balaban J connectivity index is 2.05. The number of sulfonamides is 1. The van der Waals surface area contributed by atoms with Crippen LogP contribution in [0.25, 0.3) is 10.1 Å². The van der Waals surface area contributed by atoms with E-state index in [4.69, 9.17) is 16.7 Å². The predicted molar refractivity (Wildman–Crippen MR) is 81.4 cm³/mol. The van der Waals surface area contributed by atoms with Gasteiger partial charge in [0.15, 0.2) is 0 Å². The zero-order valence-corrected chi connectivity index (χ0v) is 13.2. The number of thiophene rings is 1. The number of halogens is 1. The lowest BCUT2D eigenvalue weighted by Crippen LogP contribution is -2.40. The summed E-state index contributed by atoms with van der Waals surface area (Å²) in [5.74, 6) is -1.10. The smallest absolute Gasteiger partial charge is 0.322 e. The molecule has 8 heteroatoms. The Kier molecular flexibility index (Phi) is 3.69. The van der Waals surface area contributed by atoms with Crippen LogP contribution in [0.3, 0.4) is 0 Å². The van der Waals surface area contributed by atoms with Crippen LogP contribution in [-0.4, -0.2) is 36.4 Å². The minimum absolute atomic E-state index is 0.160. The number of rotatable bonds is 3. The van der Waals surface area contributed by atoms with Crippen LogP contribution in [0.1, 0.15) is 12.8 Å². The Hall–Kier alpha value is -1.15. The van der Waals surface area contributed by atoms with Crippen molar-refractivity contribution in [1.29, 1.82) is 0 Å². The Morgan fingerprint density at radius 2 is 2.14 bits per heavy atom.